The first kappa shape index (κ1) is 11.0. The van der Waals surface area contributed by atoms with E-state index in [1.165, 1.54) is 12.1 Å². The highest BCUT2D eigenvalue weighted by Gasteiger charge is 2.05. The lowest BCUT2D eigenvalue weighted by Gasteiger charge is -2.04. The quantitative estimate of drug-likeness (QED) is 0.764. The third kappa shape index (κ3) is 2.36. The van der Waals surface area contributed by atoms with Crippen LogP contribution in [0.15, 0.2) is 33.5 Å². The van der Waals surface area contributed by atoms with Gasteiger partial charge in [0, 0.05) is 11.5 Å². The summed E-state index contributed by atoms with van der Waals surface area (Å²) in [5.74, 6) is -0.767. The molecule has 0 fully saturated rings. The zero-order chi connectivity index (χ0) is 12.4. The van der Waals surface area contributed by atoms with Crippen LogP contribution in [-0.4, -0.2) is 17.7 Å². The molecule has 2 aromatic rings. The van der Waals surface area contributed by atoms with E-state index in [9.17, 15) is 9.59 Å². The van der Waals surface area contributed by atoms with Crippen molar-refractivity contribution in [3.05, 3.63) is 34.7 Å². The summed E-state index contributed by atoms with van der Waals surface area (Å²) in [5, 5.41) is 9.10. The Balaban J connectivity index is 2.40. The van der Waals surface area contributed by atoms with E-state index < -0.39 is 18.2 Å². The van der Waals surface area contributed by atoms with Gasteiger partial charge in [0.1, 0.15) is 17.0 Å². The number of ether oxygens (including phenoxy) is 1. The van der Waals surface area contributed by atoms with Gasteiger partial charge in [0.15, 0.2) is 6.61 Å². The number of carboxylic acid groups (broad SMARTS) is 1. The van der Waals surface area contributed by atoms with Crippen molar-refractivity contribution in [1.82, 2.24) is 0 Å². The molecule has 0 radical (unpaired) electrons. The third-order valence-corrected chi connectivity index (χ3v) is 2.10. The van der Waals surface area contributed by atoms with Gasteiger partial charge in [0.25, 0.3) is 0 Å². The van der Waals surface area contributed by atoms with E-state index in [4.69, 9.17) is 20.0 Å². The van der Waals surface area contributed by atoms with Crippen LogP contribution in [0.1, 0.15) is 0 Å². The van der Waals surface area contributed by atoms with Gasteiger partial charge in [0.05, 0.1) is 0 Å². The van der Waals surface area contributed by atoms with Crippen molar-refractivity contribution in [1.29, 1.82) is 0 Å². The first-order chi connectivity index (χ1) is 8.06. The second-order valence-electron chi connectivity index (χ2n) is 3.37. The number of anilines is 1. The van der Waals surface area contributed by atoms with Crippen LogP contribution in [0.2, 0.25) is 0 Å². The largest absolute Gasteiger partial charge is 0.482 e. The van der Waals surface area contributed by atoms with E-state index in [1.807, 2.05) is 0 Å². The molecule has 17 heavy (non-hydrogen) atoms. The summed E-state index contributed by atoms with van der Waals surface area (Å²) in [7, 11) is 0. The molecule has 6 nitrogen and oxygen atoms in total. The molecule has 0 bridgehead atoms. The minimum Gasteiger partial charge on any atom is -0.482 e. The first-order valence-corrected chi connectivity index (χ1v) is 4.74. The van der Waals surface area contributed by atoms with Gasteiger partial charge in [-0.15, -0.1) is 0 Å². The molecule has 0 amide bonds. The number of carboxylic acids is 1. The van der Waals surface area contributed by atoms with Crippen molar-refractivity contribution in [2.75, 3.05) is 12.3 Å². The highest BCUT2D eigenvalue weighted by molar-refractivity contribution is 5.80. The van der Waals surface area contributed by atoms with Gasteiger partial charge in [-0.05, 0) is 18.2 Å². The smallest absolute Gasteiger partial charge is 0.359 e. The molecule has 0 unspecified atom stereocenters. The second kappa shape index (κ2) is 4.17. The Labute approximate surface area is 95.2 Å². The highest BCUT2D eigenvalue weighted by atomic mass is 16.5. The van der Waals surface area contributed by atoms with Gasteiger partial charge in [-0.25, -0.2) is 9.59 Å². The molecule has 0 saturated carbocycles. The molecule has 0 aliphatic heterocycles. The maximum atomic E-state index is 11.2. The van der Waals surface area contributed by atoms with E-state index in [0.29, 0.717) is 16.7 Å². The summed E-state index contributed by atoms with van der Waals surface area (Å²) in [6, 6.07) is 6.14. The molecule has 0 atom stereocenters. The number of fused-ring (bicyclic) bond motifs is 1. The maximum Gasteiger partial charge on any atom is 0.359 e. The predicted molar refractivity (Wildman–Crippen MR) is 60.0 cm³/mol. The minimum absolute atomic E-state index is 0.0247. The molecule has 0 saturated heterocycles. The van der Waals surface area contributed by atoms with Crippen molar-refractivity contribution in [3.63, 3.8) is 0 Å². The van der Waals surface area contributed by atoms with Crippen LogP contribution in [0.4, 0.5) is 5.69 Å². The zero-order valence-corrected chi connectivity index (χ0v) is 8.67. The van der Waals surface area contributed by atoms with Crippen LogP contribution >= 0.6 is 0 Å². The molecule has 1 aromatic heterocycles. The lowest BCUT2D eigenvalue weighted by molar-refractivity contribution is -0.139. The van der Waals surface area contributed by atoms with Crippen molar-refractivity contribution in [2.45, 2.75) is 0 Å². The number of nitrogen functional groups attached to an aromatic ring is 1. The number of nitrogens with two attached hydrogens (primary N) is 1. The third-order valence-electron chi connectivity index (χ3n) is 2.10. The van der Waals surface area contributed by atoms with Gasteiger partial charge in [-0.2, -0.15) is 0 Å². The molecule has 1 aromatic carbocycles. The minimum atomic E-state index is -1.08. The molecular weight excluding hydrogens is 226 g/mol. The van der Waals surface area contributed by atoms with Gasteiger partial charge < -0.3 is 20.0 Å². The van der Waals surface area contributed by atoms with Crippen molar-refractivity contribution < 1.29 is 19.1 Å². The van der Waals surface area contributed by atoms with E-state index in [0.717, 1.165) is 0 Å². The Hall–Kier alpha value is -2.50. The standard InChI is InChI=1S/C11H9NO5/c12-8-3-6-1-2-7(16-5-10(13)14)4-9(6)17-11(8)15/h1-4H,5,12H2,(H,13,14). The number of hydrogen-bond donors (Lipinski definition) is 2. The lowest BCUT2D eigenvalue weighted by Crippen LogP contribution is -2.09. The number of aliphatic carboxylic acids is 1. The fourth-order valence-electron chi connectivity index (χ4n) is 1.34. The molecule has 88 valence electrons. The Bertz CT molecular complexity index is 631. The van der Waals surface area contributed by atoms with E-state index in [2.05, 4.69) is 0 Å². The van der Waals surface area contributed by atoms with Gasteiger partial charge >= 0.3 is 11.6 Å². The summed E-state index contributed by atoms with van der Waals surface area (Å²) in [6.45, 7) is -0.454. The average molecular weight is 235 g/mol. The maximum absolute atomic E-state index is 11.2. The highest BCUT2D eigenvalue weighted by Crippen LogP contribution is 2.20. The van der Waals surface area contributed by atoms with Crippen LogP contribution in [-0.2, 0) is 4.79 Å². The van der Waals surface area contributed by atoms with Crippen LogP contribution in [0.3, 0.4) is 0 Å². The Morgan fingerprint density at radius 3 is 2.88 bits per heavy atom. The summed E-state index contributed by atoms with van der Waals surface area (Å²) >= 11 is 0. The molecule has 6 heteroatoms. The van der Waals surface area contributed by atoms with Crippen LogP contribution in [0.5, 0.6) is 5.75 Å². The SMILES string of the molecule is Nc1cc2ccc(OCC(=O)O)cc2oc1=O. The molecular formula is C11H9NO5. The van der Waals surface area contributed by atoms with Gasteiger partial charge in [-0.1, -0.05) is 0 Å². The van der Waals surface area contributed by atoms with Crippen molar-refractivity contribution in [3.8, 4) is 5.75 Å². The van der Waals surface area contributed by atoms with Gasteiger partial charge in [-0.3, -0.25) is 0 Å². The number of benzene rings is 1. The molecule has 0 spiro atoms. The summed E-state index contributed by atoms with van der Waals surface area (Å²) in [6.07, 6.45) is 0. The average Bonchev–Trinajstić information content (AvgIpc) is 2.28. The summed E-state index contributed by atoms with van der Waals surface area (Å²) in [4.78, 5) is 21.5. The van der Waals surface area contributed by atoms with E-state index in [-0.39, 0.29) is 5.69 Å². The summed E-state index contributed by atoms with van der Waals surface area (Å²) < 4.78 is 9.88. The van der Waals surface area contributed by atoms with E-state index in [1.54, 1.807) is 12.1 Å². The van der Waals surface area contributed by atoms with Crippen molar-refractivity contribution >= 4 is 22.6 Å². The zero-order valence-electron chi connectivity index (χ0n) is 8.67. The van der Waals surface area contributed by atoms with Crippen molar-refractivity contribution in [2.24, 2.45) is 0 Å². The second-order valence-corrected chi connectivity index (χ2v) is 3.37. The Morgan fingerprint density at radius 1 is 1.41 bits per heavy atom. The number of hydrogen-bond acceptors (Lipinski definition) is 5. The van der Waals surface area contributed by atoms with E-state index >= 15 is 0 Å². The fraction of sp³-hybridized carbons (Fsp3) is 0.0909. The summed E-state index contributed by atoms with van der Waals surface area (Å²) in [5.41, 5.74) is 5.10. The molecule has 0 aliphatic carbocycles. The Kier molecular flexibility index (Phi) is 2.70. The molecule has 3 N–H and O–H groups in total. The first-order valence-electron chi connectivity index (χ1n) is 4.74. The molecule has 2 rings (SSSR count). The van der Waals surface area contributed by atoms with Crippen LogP contribution in [0, 0.1) is 0 Å². The normalized spacial score (nSPS) is 10.4. The van der Waals surface area contributed by atoms with Crippen LogP contribution in [0.25, 0.3) is 11.0 Å². The predicted octanol–water partition coefficient (Wildman–Crippen LogP) is 0.839. The number of carbonyl (C=O) groups is 1. The van der Waals surface area contributed by atoms with Crippen LogP contribution < -0.4 is 16.1 Å². The molecule has 1 heterocycles. The Morgan fingerprint density at radius 2 is 2.18 bits per heavy atom. The number of rotatable bonds is 3. The topological polar surface area (TPSA) is 103 Å². The monoisotopic (exact) mass is 235 g/mol. The lowest BCUT2D eigenvalue weighted by atomic mass is 10.2. The fourth-order valence-corrected chi connectivity index (χ4v) is 1.34. The van der Waals surface area contributed by atoms with Gasteiger partial charge in [0.2, 0.25) is 0 Å². The molecule has 0 aliphatic rings.